The summed E-state index contributed by atoms with van der Waals surface area (Å²) >= 11 is 0. The zero-order valence-corrected chi connectivity index (χ0v) is 18.5. The first-order chi connectivity index (χ1) is 15.5. The molecule has 1 unspecified atom stereocenters. The minimum Gasteiger partial charge on any atom is -0.378 e. The SMILES string of the molecule is C/C=C\CCOC1CCC(C2CCc3c(ccc(-c4cc(F)c(F)c(F)c4)c3F)C2)CC1. The maximum atomic E-state index is 15.2. The van der Waals surface area contributed by atoms with Crippen LogP contribution in [0.4, 0.5) is 17.6 Å². The van der Waals surface area contributed by atoms with Gasteiger partial charge in [-0.2, -0.15) is 0 Å². The fourth-order valence-corrected chi connectivity index (χ4v) is 5.37. The average Bonchev–Trinajstić information content (AvgIpc) is 2.80. The summed E-state index contributed by atoms with van der Waals surface area (Å²) in [5, 5.41) is 0. The summed E-state index contributed by atoms with van der Waals surface area (Å²) in [6, 6.07) is 5.15. The quantitative estimate of drug-likeness (QED) is 0.193. The van der Waals surface area contributed by atoms with Crippen molar-refractivity contribution in [2.75, 3.05) is 6.61 Å². The Morgan fingerprint density at radius 1 is 0.906 bits per heavy atom. The zero-order chi connectivity index (χ0) is 22.7. The maximum Gasteiger partial charge on any atom is 0.194 e. The zero-order valence-electron chi connectivity index (χ0n) is 18.5. The molecule has 4 rings (SSSR count). The first-order valence-corrected chi connectivity index (χ1v) is 11.7. The van der Waals surface area contributed by atoms with E-state index in [0.29, 0.717) is 29.9 Å². The number of allylic oxidation sites excluding steroid dienone is 1. The molecule has 0 saturated heterocycles. The van der Waals surface area contributed by atoms with Gasteiger partial charge < -0.3 is 4.74 Å². The molecule has 0 aliphatic heterocycles. The van der Waals surface area contributed by atoms with Gasteiger partial charge in [0.15, 0.2) is 17.5 Å². The van der Waals surface area contributed by atoms with Gasteiger partial charge in [-0.1, -0.05) is 24.3 Å². The number of hydrogen-bond donors (Lipinski definition) is 0. The number of rotatable bonds is 6. The van der Waals surface area contributed by atoms with Crippen LogP contribution in [0.1, 0.15) is 56.6 Å². The van der Waals surface area contributed by atoms with Crippen molar-refractivity contribution in [3.63, 3.8) is 0 Å². The highest BCUT2D eigenvalue weighted by Crippen LogP contribution is 2.40. The van der Waals surface area contributed by atoms with Gasteiger partial charge in [0.1, 0.15) is 5.82 Å². The monoisotopic (exact) mass is 446 g/mol. The Morgan fingerprint density at radius 3 is 2.31 bits per heavy atom. The Hall–Kier alpha value is -2.14. The molecule has 5 heteroatoms. The van der Waals surface area contributed by atoms with E-state index >= 15 is 4.39 Å². The molecule has 1 saturated carbocycles. The number of benzene rings is 2. The van der Waals surface area contributed by atoms with Gasteiger partial charge in [-0.05, 0) is 98.9 Å². The van der Waals surface area contributed by atoms with E-state index in [4.69, 9.17) is 4.74 Å². The molecule has 2 aliphatic carbocycles. The Morgan fingerprint density at radius 2 is 1.62 bits per heavy atom. The highest BCUT2D eigenvalue weighted by molar-refractivity contribution is 5.66. The maximum absolute atomic E-state index is 15.2. The molecule has 2 aliphatic rings. The van der Waals surface area contributed by atoms with Gasteiger partial charge in [0.25, 0.3) is 0 Å². The topological polar surface area (TPSA) is 9.23 Å². The Bertz CT molecular complexity index is 953. The molecular weight excluding hydrogens is 416 g/mol. The predicted octanol–water partition coefficient (Wildman–Crippen LogP) is 7.56. The lowest BCUT2D eigenvalue weighted by Gasteiger charge is -2.36. The van der Waals surface area contributed by atoms with Crippen LogP contribution >= 0.6 is 0 Å². The highest BCUT2D eigenvalue weighted by Gasteiger charge is 2.32. The van der Waals surface area contributed by atoms with Crippen molar-refractivity contribution in [2.45, 2.75) is 64.4 Å². The van der Waals surface area contributed by atoms with Crippen LogP contribution in [0, 0.1) is 35.1 Å². The highest BCUT2D eigenvalue weighted by atomic mass is 19.2. The van der Waals surface area contributed by atoms with E-state index in [0.717, 1.165) is 69.2 Å². The summed E-state index contributed by atoms with van der Waals surface area (Å²) < 4.78 is 61.8. The summed E-state index contributed by atoms with van der Waals surface area (Å²) in [4.78, 5) is 0. The van der Waals surface area contributed by atoms with E-state index in [2.05, 4.69) is 6.08 Å². The van der Waals surface area contributed by atoms with E-state index < -0.39 is 23.3 Å². The van der Waals surface area contributed by atoms with Crippen LogP contribution in [0.2, 0.25) is 0 Å². The first kappa shape index (κ1) is 23.0. The molecule has 32 heavy (non-hydrogen) atoms. The van der Waals surface area contributed by atoms with Crippen molar-refractivity contribution in [2.24, 2.45) is 11.8 Å². The van der Waals surface area contributed by atoms with E-state index in [1.165, 1.54) is 0 Å². The lowest BCUT2D eigenvalue weighted by Crippen LogP contribution is -2.29. The molecule has 0 heterocycles. The van der Waals surface area contributed by atoms with Crippen molar-refractivity contribution in [3.05, 3.63) is 70.8 Å². The van der Waals surface area contributed by atoms with Crippen LogP contribution in [-0.4, -0.2) is 12.7 Å². The second kappa shape index (κ2) is 10.2. The summed E-state index contributed by atoms with van der Waals surface area (Å²) in [5.74, 6) is -3.44. The van der Waals surface area contributed by atoms with Crippen LogP contribution in [0.5, 0.6) is 0 Å². The van der Waals surface area contributed by atoms with Gasteiger partial charge in [-0.3, -0.25) is 0 Å². The molecule has 0 aromatic heterocycles. The summed E-state index contributed by atoms with van der Waals surface area (Å²) in [6.07, 6.45) is 12.3. The molecule has 2 aromatic rings. The molecule has 172 valence electrons. The second-order valence-electron chi connectivity index (χ2n) is 9.09. The van der Waals surface area contributed by atoms with Gasteiger partial charge in [0.2, 0.25) is 0 Å². The van der Waals surface area contributed by atoms with Gasteiger partial charge in [0, 0.05) is 5.56 Å². The van der Waals surface area contributed by atoms with Crippen LogP contribution in [-0.2, 0) is 17.6 Å². The standard InChI is InChI=1S/C27H30F4O/c1-2-3-4-13-32-21-9-5-17(6-10-21)18-7-11-22-19(14-18)8-12-23(26(22)30)20-15-24(28)27(31)25(29)16-20/h2-3,8,12,15-18,21H,4-7,9-11,13-14H2,1H3/b3-2-. The molecule has 0 spiro atoms. The molecule has 0 N–H and O–H groups in total. The summed E-state index contributed by atoms with van der Waals surface area (Å²) in [6.45, 7) is 2.79. The van der Waals surface area contributed by atoms with Crippen LogP contribution in [0.25, 0.3) is 11.1 Å². The Labute approximate surface area is 187 Å². The van der Waals surface area contributed by atoms with E-state index in [1.54, 1.807) is 6.07 Å². The minimum atomic E-state index is -1.53. The molecule has 1 fully saturated rings. The third-order valence-electron chi connectivity index (χ3n) is 7.14. The Kier molecular flexibility index (Phi) is 7.34. The van der Waals surface area contributed by atoms with Crippen molar-refractivity contribution >= 4 is 0 Å². The lowest BCUT2D eigenvalue weighted by atomic mass is 9.71. The first-order valence-electron chi connectivity index (χ1n) is 11.7. The minimum absolute atomic E-state index is 0.0246. The third-order valence-corrected chi connectivity index (χ3v) is 7.14. The number of fused-ring (bicyclic) bond motifs is 1. The van der Waals surface area contributed by atoms with Crippen molar-refractivity contribution in [3.8, 4) is 11.1 Å². The largest absolute Gasteiger partial charge is 0.378 e. The van der Waals surface area contributed by atoms with Gasteiger partial charge in [-0.15, -0.1) is 0 Å². The van der Waals surface area contributed by atoms with Crippen LogP contribution in [0.3, 0.4) is 0 Å². The van der Waals surface area contributed by atoms with Gasteiger partial charge >= 0.3 is 0 Å². The van der Waals surface area contributed by atoms with E-state index in [-0.39, 0.29) is 11.1 Å². The van der Waals surface area contributed by atoms with E-state index in [9.17, 15) is 13.2 Å². The average molecular weight is 447 g/mol. The fraction of sp³-hybridized carbons (Fsp3) is 0.481. The third kappa shape index (κ3) is 4.93. The van der Waals surface area contributed by atoms with E-state index in [1.807, 2.05) is 19.1 Å². The number of halogens is 4. The lowest BCUT2D eigenvalue weighted by molar-refractivity contribution is 0.0124. The summed E-state index contributed by atoms with van der Waals surface area (Å²) in [7, 11) is 0. The van der Waals surface area contributed by atoms with Gasteiger partial charge in [-0.25, -0.2) is 17.6 Å². The molecule has 2 aromatic carbocycles. The summed E-state index contributed by atoms with van der Waals surface area (Å²) in [5.41, 5.74) is 1.76. The molecule has 0 radical (unpaired) electrons. The number of ether oxygens (including phenoxy) is 1. The van der Waals surface area contributed by atoms with Crippen molar-refractivity contribution < 1.29 is 22.3 Å². The molecule has 1 atom stereocenters. The van der Waals surface area contributed by atoms with Crippen LogP contribution < -0.4 is 0 Å². The smallest absolute Gasteiger partial charge is 0.194 e. The molecule has 0 amide bonds. The molecule has 0 bridgehead atoms. The second-order valence-corrected chi connectivity index (χ2v) is 9.09. The molecular formula is C27H30F4O. The fourth-order valence-electron chi connectivity index (χ4n) is 5.37. The van der Waals surface area contributed by atoms with Gasteiger partial charge in [0.05, 0.1) is 12.7 Å². The molecule has 1 nitrogen and oxygen atoms in total. The number of hydrogen-bond acceptors (Lipinski definition) is 1. The predicted molar refractivity (Wildman–Crippen MR) is 118 cm³/mol. The Balaban J connectivity index is 1.41. The van der Waals surface area contributed by atoms with Crippen LogP contribution in [0.15, 0.2) is 36.4 Å². The normalized spacial score (nSPS) is 23.5. The van der Waals surface area contributed by atoms with Crippen molar-refractivity contribution in [1.29, 1.82) is 0 Å². The van der Waals surface area contributed by atoms with Crippen molar-refractivity contribution in [1.82, 2.24) is 0 Å².